The first-order chi connectivity index (χ1) is 16.5. The van der Waals surface area contributed by atoms with Crippen molar-refractivity contribution in [2.45, 2.75) is 103 Å². The molecule has 2 heterocycles. The third-order valence-corrected chi connectivity index (χ3v) is 14.2. The maximum absolute atomic E-state index is 12.6. The minimum Gasteiger partial charge on any atom is -0.546 e. The van der Waals surface area contributed by atoms with Gasteiger partial charge in [-0.15, -0.1) is 0 Å². The Morgan fingerprint density at radius 3 is 2.60 bits per heavy atom. The van der Waals surface area contributed by atoms with Gasteiger partial charge in [0.15, 0.2) is 0 Å². The summed E-state index contributed by atoms with van der Waals surface area (Å²) >= 11 is 0. The molecule has 1 saturated heterocycles. The molecule has 0 spiro atoms. The predicted molar refractivity (Wildman–Crippen MR) is 144 cm³/mol. The second kappa shape index (κ2) is 9.39. The van der Waals surface area contributed by atoms with Gasteiger partial charge >= 0.3 is 6.09 Å². The number of aliphatic imine (C=N–C) groups is 1. The molecule has 2 aliphatic heterocycles. The van der Waals surface area contributed by atoms with Gasteiger partial charge < -0.3 is 9.16 Å². The Balaban J connectivity index is 1.53. The molecule has 2 unspecified atom stereocenters. The number of carbonyl (C=O) groups is 1. The van der Waals surface area contributed by atoms with E-state index in [1.54, 1.807) is 0 Å². The smallest absolute Gasteiger partial charge is 0.414 e. The van der Waals surface area contributed by atoms with E-state index < -0.39 is 8.32 Å². The topological polar surface area (TPSA) is 51.1 Å². The highest BCUT2D eigenvalue weighted by molar-refractivity contribution is 6.74. The number of nitrogens with zero attached hydrogens (tertiary/aromatic N) is 2. The van der Waals surface area contributed by atoms with Crippen molar-refractivity contribution >= 4 is 20.1 Å². The standard InChI is InChI=1S/C29H46N2O3Si/c1-19-10-9-11-21(30-19)16-20-17-26(34-35(5,6)29(2,3)4)24-18-25(31-14-15-33-28(31)32)22-12-7-8-13-23(22)27(20)24/h17-20,22-24,27H,7-16H2,1-6H3/t19-,20-,22+,23+,24?,27?/m0/s1. The van der Waals surface area contributed by atoms with Crippen molar-refractivity contribution < 1.29 is 14.0 Å². The lowest BCUT2D eigenvalue weighted by Crippen LogP contribution is -2.44. The lowest BCUT2D eigenvalue weighted by Gasteiger charge is -2.47. The van der Waals surface area contributed by atoms with Gasteiger partial charge in [0.1, 0.15) is 6.61 Å². The number of hydrogen-bond acceptors (Lipinski definition) is 4. The molecule has 0 bridgehead atoms. The van der Waals surface area contributed by atoms with Crippen LogP contribution in [0.2, 0.25) is 18.1 Å². The minimum absolute atomic E-state index is 0.150. The Labute approximate surface area is 213 Å². The van der Waals surface area contributed by atoms with E-state index in [1.165, 1.54) is 55.7 Å². The first-order valence-electron chi connectivity index (χ1n) is 14.2. The minimum atomic E-state index is -1.98. The largest absolute Gasteiger partial charge is 0.546 e. The lowest BCUT2D eigenvalue weighted by atomic mass is 9.61. The van der Waals surface area contributed by atoms with Crippen LogP contribution in [0.5, 0.6) is 0 Å². The first kappa shape index (κ1) is 25.1. The number of rotatable bonds is 5. The van der Waals surface area contributed by atoms with Crippen molar-refractivity contribution in [3.63, 3.8) is 0 Å². The van der Waals surface area contributed by atoms with E-state index >= 15 is 0 Å². The van der Waals surface area contributed by atoms with Crippen molar-refractivity contribution in [2.75, 3.05) is 13.2 Å². The van der Waals surface area contributed by atoms with Crippen LogP contribution in [0, 0.1) is 29.6 Å². The quantitative estimate of drug-likeness (QED) is 0.373. The molecule has 35 heavy (non-hydrogen) atoms. The number of fused-ring (bicyclic) bond motifs is 3. The molecule has 0 N–H and O–H groups in total. The zero-order chi connectivity index (χ0) is 25.0. The fraction of sp³-hybridized carbons (Fsp3) is 0.793. The van der Waals surface area contributed by atoms with Crippen molar-refractivity contribution in [2.24, 2.45) is 34.6 Å². The molecule has 3 aliphatic carbocycles. The summed E-state index contributed by atoms with van der Waals surface area (Å²) < 4.78 is 12.5. The zero-order valence-electron chi connectivity index (χ0n) is 22.8. The molecule has 0 aromatic carbocycles. The molecular weight excluding hydrogens is 452 g/mol. The fourth-order valence-electron chi connectivity index (χ4n) is 7.09. The summed E-state index contributed by atoms with van der Waals surface area (Å²) in [5, 5.41) is 0.150. The molecule has 6 heteroatoms. The van der Waals surface area contributed by atoms with Gasteiger partial charge in [0, 0.05) is 29.3 Å². The Kier molecular flexibility index (Phi) is 6.73. The van der Waals surface area contributed by atoms with Gasteiger partial charge in [-0.1, -0.05) is 39.7 Å². The van der Waals surface area contributed by atoms with Crippen LogP contribution >= 0.6 is 0 Å². The monoisotopic (exact) mass is 498 g/mol. The van der Waals surface area contributed by atoms with E-state index in [4.69, 9.17) is 14.2 Å². The average molecular weight is 499 g/mol. The van der Waals surface area contributed by atoms with E-state index in [0.29, 0.717) is 42.9 Å². The van der Waals surface area contributed by atoms with Crippen LogP contribution in [-0.4, -0.2) is 44.2 Å². The number of allylic oxidation sites excluding steroid dienone is 3. The van der Waals surface area contributed by atoms with Crippen LogP contribution in [0.1, 0.15) is 79.1 Å². The fourth-order valence-corrected chi connectivity index (χ4v) is 8.19. The second-order valence-corrected chi connectivity index (χ2v) is 18.0. The third-order valence-electron chi connectivity index (χ3n) is 9.87. The Morgan fingerprint density at radius 1 is 1.14 bits per heavy atom. The van der Waals surface area contributed by atoms with Crippen LogP contribution in [0.3, 0.4) is 0 Å². The predicted octanol–water partition coefficient (Wildman–Crippen LogP) is 7.31. The van der Waals surface area contributed by atoms with E-state index in [0.717, 1.165) is 12.8 Å². The highest BCUT2D eigenvalue weighted by atomic mass is 28.4. The van der Waals surface area contributed by atoms with Crippen molar-refractivity contribution in [1.29, 1.82) is 0 Å². The number of carbonyl (C=O) groups excluding carboxylic acids is 1. The van der Waals surface area contributed by atoms with E-state index in [2.05, 4.69) is 52.9 Å². The van der Waals surface area contributed by atoms with Gasteiger partial charge in [-0.25, -0.2) is 4.79 Å². The van der Waals surface area contributed by atoms with Crippen molar-refractivity contribution in [3.8, 4) is 0 Å². The molecule has 1 saturated carbocycles. The highest BCUT2D eigenvalue weighted by Crippen LogP contribution is 2.57. The summed E-state index contributed by atoms with van der Waals surface area (Å²) in [5.41, 5.74) is 2.65. The first-order valence-corrected chi connectivity index (χ1v) is 17.1. The molecule has 5 rings (SSSR count). The summed E-state index contributed by atoms with van der Waals surface area (Å²) in [6, 6.07) is 0.462. The molecule has 6 atom stereocenters. The number of hydrogen-bond donors (Lipinski definition) is 0. The maximum atomic E-state index is 12.6. The van der Waals surface area contributed by atoms with Crippen LogP contribution in [0.4, 0.5) is 4.79 Å². The molecule has 1 amide bonds. The summed E-state index contributed by atoms with van der Waals surface area (Å²) in [5.74, 6) is 3.56. The molecule has 194 valence electrons. The summed E-state index contributed by atoms with van der Waals surface area (Å²) in [6.45, 7) is 15.1. The van der Waals surface area contributed by atoms with Gasteiger partial charge in [0.05, 0.1) is 12.3 Å². The second-order valence-electron chi connectivity index (χ2n) is 13.3. The van der Waals surface area contributed by atoms with Crippen molar-refractivity contribution in [1.82, 2.24) is 4.90 Å². The maximum Gasteiger partial charge on any atom is 0.414 e. The van der Waals surface area contributed by atoms with Gasteiger partial charge in [-0.2, -0.15) is 0 Å². The Bertz CT molecular complexity index is 931. The van der Waals surface area contributed by atoms with E-state index in [1.807, 2.05) is 4.90 Å². The number of cyclic esters (lactones) is 1. The normalized spacial score (nSPS) is 35.5. The molecule has 0 radical (unpaired) electrons. The molecule has 5 aliphatic rings. The lowest BCUT2D eigenvalue weighted by molar-refractivity contribution is 0.0946. The third kappa shape index (κ3) is 4.76. The zero-order valence-corrected chi connectivity index (χ0v) is 23.8. The summed E-state index contributed by atoms with van der Waals surface area (Å²) in [4.78, 5) is 19.7. The van der Waals surface area contributed by atoms with Crippen LogP contribution in [-0.2, 0) is 9.16 Å². The summed E-state index contributed by atoms with van der Waals surface area (Å²) in [7, 11) is -1.98. The molecule has 2 fully saturated rings. The van der Waals surface area contributed by atoms with E-state index in [-0.39, 0.29) is 17.0 Å². The molecule has 0 aromatic heterocycles. The van der Waals surface area contributed by atoms with Crippen LogP contribution in [0.25, 0.3) is 0 Å². The average Bonchev–Trinajstić information content (AvgIpc) is 3.35. The van der Waals surface area contributed by atoms with Crippen LogP contribution < -0.4 is 0 Å². The number of amides is 1. The van der Waals surface area contributed by atoms with Gasteiger partial charge in [-0.05, 0) is 87.4 Å². The SMILES string of the molecule is C[C@H]1CCCC(C[C@H]2C=C(O[Si](C)(C)C(C)(C)C)C3C=C(N4CCOC4=O)[C@@H]4CCCC[C@H]4C32)=N1. The van der Waals surface area contributed by atoms with Crippen LogP contribution in [0.15, 0.2) is 28.6 Å². The Morgan fingerprint density at radius 2 is 1.91 bits per heavy atom. The Hall–Kier alpha value is -1.56. The van der Waals surface area contributed by atoms with Gasteiger partial charge in [0.2, 0.25) is 8.32 Å². The van der Waals surface area contributed by atoms with Gasteiger partial charge in [0.25, 0.3) is 0 Å². The van der Waals surface area contributed by atoms with E-state index in [9.17, 15) is 4.79 Å². The van der Waals surface area contributed by atoms with Crippen molar-refractivity contribution in [3.05, 3.63) is 23.6 Å². The highest BCUT2D eigenvalue weighted by Gasteiger charge is 2.52. The molecule has 5 nitrogen and oxygen atoms in total. The molecule has 0 aromatic rings. The summed E-state index contributed by atoms with van der Waals surface area (Å²) in [6.07, 6.45) is 14.5. The van der Waals surface area contributed by atoms with Gasteiger partial charge in [-0.3, -0.25) is 9.89 Å². The number of ether oxygens (including phenoxy) is 1. The molecular formula is C29H46N2O3Si.